The number of pyridine rings is 1. The van der Waals surface area contributed by atoms with Gasteiger partial charge in [0, 0.05) is 13.1 Å². The third-order valence-electron chi connectivity index (χ3n) is 3.16. The Morgan fingerprint density at radius 2 is 2.00 bits per heavy atom. The Kier molecular flexibility index (Phi) is 6.45. The summed E-state index contributed by atoms with van der Waals surface area (Å²) in [6.07, 6.45) is 2.35. The van der Waals surface area contributed by atoms with Gasteiger partial charge in [-0.2, -0.15) is 0 Å². The molecule has 0 aromatic carbocycles. The van der Waals surface area contributed by atoms with Crippen LogP contribution in [0.4, 0.5) is 11.5 Å². The van der Waals surface area contributed by atoms with Gasteiger partial charge in [-0.15, -0.1) is 0 Å². The number of carbonyl (C=O) groups is 1. The lowest BCUT2D eigenvalue weighted by Gasteiger charge is -2.20. The highest BCUT2D eigenvalue weighted by atomic mass is 16.2. The molecule has 0 aliphatic carbocycles. The van der Waals surface area contributed by atoms with Crippen LogP contribution in [0.3, 0.4) is 0 Å². The van der Waals surface area contributed by atoms with Crippen LogP contribution in [-0.2, 0) is 4.79 Å². The predicted octanol–water partition coefficient (Wildman–Crippen LogP) is 2.24. The van der Waals surface area contributed by atoms with Gasteiger partial charge in [0.25, 0.3) is 0 Å². The quantitative estimate of drug-likeness (QED) is 0.802. The zero-order valence-corrected chi connectivity index (χ0v) is 12.9. The minimum atomic E-state index is -0.475. The summed E-state index contributed by atoms with van der Waals surface area (Å²) >= 11 is 0. The fourth-order valence-corrected chi connectivity index (χ4v) is 2.04. The van der Waals surface area contributed by atoms with Gasteiger partial charge in [-0.05, 0) is 38.3 Å². The first-order valence-electron chi connectivity index (χ1n) is 7.25. The molecule has 1 atom stereocenters. The number of rotatable bonds is 7. The Hall–Kier alpha value is -1.62. The van der Waals surface area contributed by atoms with Gasteiger partial charge < -0.3 is 16.0 Å². The third kappa shape index (κ3) is 4.81. The number of aromatic nitrogens is 1. The molecule has 0 unspecified atom stereocenters. The number of hydrogen-bond donors (Lipinski definition) is 2. The van der Waals surface area contributed by atoms with Gasteiger partial charge >= 0.3 is 0 Å². The van der Waals surface area contributed by atoms with Gasteiger partial charge in [0.15, 0.2) is 0 Å². The molecule has 1 amide bonds. The van der Waals surface area contributed by atoms with Gasteiger partial charge in [-0.3, -0.25) is 4.79 Å². The maximum absolute atomic E-state index is 11.9. The average molecular weight is 278 g/mol. The maximum Gasteiger partial charge on any atom is 0.241 e. The van der Waals surface area contributed by atoms with E-state index in [1.165, 1.54) is 0 Å². The number of carbonyl (C=O) groups excluding carboxylic acids is 1. The molecule has 5 heteroatoms. The Morgan fingerprint density at radius 3 is 2.45 bits per heavy atom. The first-order chi connectivity index (χ1) is 9.47. The Bertz CT molecular complexity index is 412. The Balaban J connectivity index is 2.63. The molecule has 0 saturated carbocycles. The van der Waals surface area contributed by atoms with Crippen LogP contribution in [0.2, 0.25) is 0 Å². The number of nitrogens with one attached hydrogen (secondary N) is 1. The highest BCUT2D eigenvalue weighted by Gasteiger charge is 2.15. The van der Waals surface area contributed by atoms with E-state index in [-0.39, 0.29) is 5.91 Å². The summed E-state index contributed by atoms with van der Waals surface area (Å²) in [7, 11) is 0. The zero-order valence-electron chi connectivity index (χ0n) is 12.9. The molecule has 0 spiro atoms. The van der Waals surface area contributed by atoms with E-state index in [1.807, 2.05) is 26.0 Å². The smallest absolute Gasteiger partial charge is 0.241 e. The topological polar surface area (TPSA) is 71.2 Å². The first kappa shape index (κ1) is 16.4. The lowest BCUT2D eigenvalue weighted by atomic mass is 10.0. The summed E-state index contributed by atoms with van der Waals surface area (Å²) in [5.74, 6) is 1.16. The zero-order chi connectivity index (χ0) is 15.1. The number of hydrogen-bond acceptors (Lipinski definition) is 4. The minimum absolute atomic E-state index is 0.156. The second-order valence-electron chi connectivity index (χ2n) is 5.30. The Labute approximate surface area is 121 Å². The molecular formula is C15H26N4O. The number of nitrogens with zero attached hydrogens (tertiary/aromatic N) is 2. The SMILES string of the molecule is CCN(CC)c1ccc(NC(=O)[C@@H](N)CC(C)C)cn1. The van der Waals surface area contributed by atoms with Crippen LogP contribution < -0.4 is 16.0 Å². The summed E-state index contributed by atoms with van der Waals surface area (Å²) in [6.45, 7) is 10.1. The Morgan fingerprint density at radius 1 is 1.35 bits per heavy atom. The van der Waals surface area contributed by atoms with Crippen molar-refractivity contribution in [3.8, 4) is 0 Å². The first-order valence-corrected chi connectivity index (χ1v) is 7.25. The summed E-state index contributed by atoms with van der Waals surface area (Å²) in [6, 6.07) is 3.30. The molecule has 0 aliphatic heterocycles. The fraction of sp³-hybridized carbons (Fsp3) is 0.600. The number of amides is 1. The van der Waals surface area contributed by atoms with Crippen molar-refractivity contribution >= 4 is 17.4 Å². The molecule has 1 aromatic rings. The number of nitrogens with two attached hydrogens (primary N) is 1. The van der Waals surface area contributed by atoms with Crippen LogP contribution in [0.15, 0.2) is 18.3 Å². The van der Waals surface area contributed by atoms with Gasteiger partial charge in [-0.1, -0.05) is 13.8 Å². The van der Waals surface area contributed by atoms with E-state index in [1.54, 1.807) is 6.20 Å². The lowest BCUT2D eigenvalue weighted by Crippen LogP contribution is -2.36. The molecule has 0 bridgehead atoms. The van der Waals surface area contributed by atoms with E-state index in [0.717, 1.165) is 18.9 Å². The van der Waals surface area contributed by atoms with Crippen LogP contribution >= 0.6 is 0 Å². The van der Waals surface area contributed by atoms with Crippen molar-refractivity contribution in [2.24, 2.45) is 11.7 Å². The third-order valence-corrected chi connectivity index (χ3v) is 3.16. The largest absolute Gasteiger partial charge is 0.357 e. The highest BCUT2D eigenvalue weighted by molar-refractivity contribution is 5.94. The van der Waals surface area contributed by atoms with Gasteiger partial charge in [0.2, 0.25) is 5.91 Å². The van der Waals surface area contributed by atoms with Crippen molar-refractivity contribution in [3.05, 3.63) is 18.3 Å². The normalized spacial score (nSPS) is 12.3. The summed E-state index contributed by atoms with van der Waals surface area (Å²) in [5, 5.41) is 2.80. The van der Waals surface area contributed by atoms with Crippen molar-refractivity contribution in [2.45, 2.75) is 40.2 Å². The van der Waals surface area contributed by atoms with E-state index in [0.29, 0.717) is 18.0 Å². The molecular weight excluding hydrogens is 252 g/mol. The van der Waals surface area contributed by atoms with Crippen LogP contribution in [-0.4, -0.2) is 30.0 Å². The second kappa shape index (κ2) is 7.85. The minimum Gasteiger partial charge on any atom is -0.357 e. The monoisotopic (exact) mass is 278 g/mol. The molecule has 0 fully saturated rings. The van der Waals surface area contributed by atoms with Gasteiger partial charge in [-0.25, -0.2) is 4.98 Å². The molecule has 0 radical (unpaired) electrons. The molecule has 1 heterocycles. The van der Waals surface area contributed by atoms with E-state index in [4.69, 9.17) is 5.73 Å². The van der Waals surface area contributed by atoms with E-state index in [2.05, 4.69) is 29.0 Å². The van der Waals surface area contributed by atoms with E-state index >= 15 is 0 Å². The second-order valence-corrected chi connectivity index (χ2v) is 5.30. The van der Waals surface area contributed by atoms with Crippen molar-refractivity contribution in [1.29, 1.82) is 0 Å². The van der Waals surface area contributed by atoms with Crippen molar-refractivity contribution in [1.82, 2.24) is 4.98 Å². The molecule has 0 saturated heterocycles. The summed E-state index contributed by atoms with van der Waals surface area (Å²) in [5.41, 5.74) is 6.53. The van der Waals surface area contributed by atoms with Crippen molar-refractivity contribution in [2.75, 3.05) is 23.3 Å². The maximum atomic E-state index is 11.9. The molecule has 0 aliphatic rings. The lowest BCUT2D eigenvalue weighted by molar-refractivity contribution is -0.117. The molecule has 3 N–H and O–H groups in total. The molecule has 1 aromatic heterocycles. The van der Waals surface area contributed by atoms with Crippen molar-refractivity contribution < 1.29 is 4.79 Å². The van der Waals surface area contributed by atoms with Crippen LogP contribution in [0.1, 0.15) is 34.1 Å². The highest BCUT2D eigenvalue weighted by Crippen LogP contribution is 2.14. The van der Waals surface area contributed by atoms with E-state index < -0.39 is 6.04 Å². The van der Waals surface area contributed by atoms with Crippen LogP contribution in [0.5, 0.6) is 0 Å². The van der Waals surface area contributed by atoms with Crippen LogP contribution in [0.25, 0.3) is 0 Å². The molecule has 5 nitrogen and oxygen atoms in total. The number of anilines is 2. The van der Waals surface area contributed by atoms with Gasteiger partial charge in [0.05, 0.1) is 17.9 Å². The standard InChI is InChI=1S/C15H26N4O/c1-5-19(6-2)14-8-7-12(10-17-14)18-15(20)13(16)9-11(3)4/h7-8,10-11,13H,5-6,9,16H2,1-4H3,(H,18,20)/t13-/m0/s1. The summed E-state index contributed by atoms with van der Waals surface area (Å²) < 4.78 is 0. The van der Waals surface area contributed by atoms with Crippen molar-refractivity contribution in [3.63, 3.8) is 0 Å². The van der Waals surface area contributed by atoms with Gasteiger partial charge in [0.1, 0.15) is 5.82 Å². The average Bonchev–Trinajstić information content (AvgIpc) is 2.41. The fourth-order valence-electron chi connectivity index (χ4n) is 2.04. The van der Waals surface area contributed by atoms with Crippen LogP contribution in [0, 0.1) is 5.92 Å². The molecule has 20 heavy (non-hydrogen) atoms. The summed E-state index contributed by atoms with van der Waals surface area (Å²) in [4.78, 5) is 18.4. The van der Waals surface area contributed by atoms with E-state index in [9.17, 15) is 4.79 Å². The molecule has 112 valence electrons. The predicted molar refractivity (Wildman–Crippen MR) is 83.9 cm³/mol. The molecule has 1 rings (SSSR count).